The van der Waals surface area contributed by atoms with Gasteiger partial charge in [-0.1, -0.05) is 23.7 Å². The Labute approximate surface area is 138 Å². The van der Waals surface area contributed by atoms with Crippen molar-refractivity contribution >= 4 is 29.4 Å². The largest absolute Gasteiger partial charge is 0.426 e. The van der Waals surface area contributed by atoms with Crippen LogP contribution in [0.3, 0.4) is 0 Å². The van der Waals surface area contributed by atoms with E-state index in [4.69, 9.17) is 21.1 Å². The second kappa shape index (κ2) is 6.94. The van der Waals surface area contributed by atoms with Gasteiger partial charge in [-0.05, 0) is 48.0 Å². The molecule has 0 N–H and O–H groups in total. The van der Waals surface area contributed by atoms with Crippen LogP contribution in [-0.2, 0) is 14.3 Å². The van der Waals surface area contributed by atoms with Crippen molar-refractivity contribution in [1.29, 1.82) is 0 Å². The molecule has 1 heterocycles. The average Bonchev–Trinajstić information content (AvgIpc) is 3.33. The van der Waals surface area contributed by atoms with E-state index in [0.29, 0.717) is 23.0 Å². The first kappa shape index (κ1) is 15.7. The van der Waals surface area contributed by atoms with E-state index in [2.05, 4.69) is 0 Å². The molecule has 0 bridgehead atoms. The van der Waals surface area contributed by atoms with Crippen LogP contribution in [0.15, 0.2) is 48.5 Å². The van der Waals surface area contributed by atoms with Crippen molar-refractivity contribution in [2.45, 2.75) is 12.5 Å². The van der Waals surface area contributed by atoms with Gasteiger partial charge in [-0.25, -0.2) is 4.39 Å². The molecule has 0 spiro atoms. The van der Waals surface area contributed by atoms with Gasteiger partial charge in [0.05, 0.1) is 19.1 Å². The highest BCUT2D eigenvalue weighted by Gasteiger charge is 2.27. The number of ether oxygens (including phenoxy) is 2. The number of epoxide rings is 1. The molecule has 1 atom stereocenters. The van der Waals surface area contributed by atoms with Gasteiger partial charge in [-0.15, -0.1) is 0 Å². The molecule has 2 aromatic carbocycles. The fraction of sp³-hybridized carbons (Fsp3) is 0.167. The number of esters is 1. The van der Waals surface area contributed by atoms with Gasteiger partial charge in [-0.2, -0.15) is 0 Å². The molecule has 0 saturated carbocycles. The van der Waals surface area contributed by atoms with Crippen LogP contribution in [0, 0.1) is 5.82 Å². The molecule has 1 unspecified atom stereocenters. The lowest BCUT2D eigenvalue weighted by molar-refractivity contribution is -0.136. The molecule has 3 nitrogen and oxygen atoms in total. The predicted molar refractivity (Wildman–Crippen MR) is 86.2 cm³/mol. The lowest BCUT2D eigenvalue weighted by Gasteiger charge is -2.09. The summed E-state index contributed by atoms with van der Waals surface area (Å²) < 4.78 is 23.6. The maximum absolute atomic E-state index is 13.1. The predicted octanol–water partition coefficient (Wildman–Crippen LogP) is 4.31. The van der Waals surface area contributed by atoms with Crippen molar-refractivity contribution < 1.29 is 18.7 Å². The molecule has 0 radical (unpaired) electrons. The molecule has 1 saturated heterocycles. The van der Waals surface area contributed by atoms with E-state index in [0.717, 1.165) is 5.56 Å². The molecule has 1 aliphatic heterocycles. The molecule has 5 heteroatoms. The number of hydrogen-bond donors (Lipinski definition) is 0. The normalized spacial score (nSPS) is 17.0. The molecule has 0 aliphatic carbocycles. The number of benzene rings is 2. The summed E-state index contributed by atoms with van der Waals surface area (Å²) in [5.74, 6) is -0.368. The molecule has 118 valence electrons. The van der Waals surface area contributed by atoms with Crippen LogP contribution < -0.4 is 0 Å². The summed E-state index contributed by atoms with van der Waals surface area (Å²) in [5.41, 5.74) is 1.44. The Bertz CT molecular complexity index is 719. The summed E-state index contributed by atoms with van der Waals surface area (Å²) in [6, 6.07) is 12.9. The molecule has 3 rings (SSSR count). The first-order valence-corrected chi connectivity index (χ1v) is 7.53. The second-order valence-corrected chi connectivity index (χ2v) is 5.64. The summed E-state index contributed by atoms with van der Waals surface area (Å²) in [6.07, 6.45) is 1.88. The third-order valence-corrected chi connectivity index (χ3v) is 3.57. The quantitative estimate of drug-likeness (QED) is 0.354. The first-order valence-electron chi connectivity index (χ1n) is 7.15. The third-order valence-electron chi connectivity index (χ3n) is 3.32. The van der Waals surface area contributed by atoms with Gasteiger partial charge in [0.15, 0.2) is 0 Å². The van der Waals surface area contributed by atoms with Gasteiger partial charge in [0.25, 0.3) is 0 Å². The van der Waals surface area contributed by atoms with Gasteiger partial charge in [0.2, 0.25) is 0 Å². The standard InChI is InChI=1S/C18H14ClFO3/c19-14-5-1-12(2-6-14)9-17(13-3-7-15(20)8-4-13)23-18(21)10-16-11-22-16/h1-9,16H,10-11H2/b17-9+. The van der Waals surface area contributed by atoms with Crippen molar-refractivity contribution in [3.63, 3.8) is 0 Å². The van der Waals surface area contributed by atoms with Crippen LogP contribution >= 0.6 is 11.6 Å². The maximum atomic E-state index is 13.1. The van der Waals surface area contributed by atoms with Crippen LogP contribution in [0.1, 0.15) is 17.5 Å². The van der Waals surface area contributed by atoms with Gasteiger partial charge < -0.3 is 9.47 Å². The highest BCUT2D eigenvalue weighted by molar-refractivity contribution is 6.30. The summed E-state index contributed by atoms with van der Waals surface area (Å²) in [6.45, 7) is 0.585. The summed E-state index contributed by atoms with van der Waals surface area (Å²) in [7, 11) is 0. The minimum absolute atomic E-state index is 0.0486. The lowest BCUT2D eigenvalue weighted by atomic mass is 10.1. The Hall–Kier alpha value is -2.17. The van der Waals surface area contributed by atoms with Crippen LogP contribution in [0.4, 0.5) is 4.39 Å². The molecule has 2 aromatic rings. The van der Waals surface area contributed by atoms with Gasteiger partial charge >= 0.3 is 5.97 Å². The van der Waals surface area contributed by atoms with Gasteiger partial charge in [0, 0.05) is 10.6 Å². The lowest BCUT2D eigenvalue weighted by Crippen LogP contribution is -2.07. The third kappa shape index (κ3) is 4.65. The number of halogens is 2. The van der Waals surface area contributed by atoms with Crippen molar-refractivity contribution in [1.82, 2.24) is 0 Å². The zero-order chi connectivity index (χ0) is 16.2. The summed E-state index contributed by atoms with van der Waals surface area (Å²) >= 11 is 5.87. The van der Waals surface area contributed by atoms with Crippen molar-refractivity contribution in [2.24, 2.45) is 0 Å². The van der Waals surface area contributed by atoms with Crippen LogP contribution in [0.25, 0.3) is 11.8 Å². The SMILES string of the molecule is O=C(CC1CO1)O/C(=C/c1ccc(Cl)cc1)c1ccc(F)cc1. The van der Waals surface area contributed by atoms with E-state index < -0.39 is 0 Å². The van der Waals surface area contributed by atoms with E-state index >= 15 is 0 Å². The minimum atomic E-state index is -0.378. The Morgan fingerprint density at radius 1 is 1.22 bits per heavy atom. The van der Waals surface area contributed by atoms with Crippen molar-refractivity contribution in [3.05, 3.63) is 70.5 Å². The summed E-state index contributed by atoms with van der Waals surface area (Å²) in [5, 5.41) is 0.619. The maximum Gasteiger partial charge on any atom is 0.313 e. The number of carbonyl (C=O) groups excluding carboxylic acids is 1. The van der Waals surface area contributed by atoms with E-state index in [1.165, 1.54) is 12.1 Å². The Morgan fingerprint density at radius 2 is 1.87 bits per heavy atom. The highest BCUT2D eigenvalue weighted by atomic mass is 35.5. The summed E-state index contributed by atoms with van der Waals surface area (Å²) in [4.78, 5) is 12.0. The van der Waals surface area contributed by atoms with E-state index in [-0.39, 0.29) is 24.3 Å². The van der Waals surface area contributed by atoms with E-state index in [1.54, 1.807) is 30.3 Å². The number of hydrogen-bond acceptors (Lipinski definition) is 3. The minimum Gasteiger partial charge on any atom is -0.426 e. The van der Waals surface area contributed by atoms with Crippen molar-refractivity contribution in [3.8, 4) is 0 Å². The zero-order valence-electron chi connectivity index (χ0n) is 12.2. The van der Waals surface area contributed by atoms with Gasteiger partial charge in [0.1, 0.15) is 11.6 Å². The fourth-order valence-corrected chi connectivity index (χ4v) is 2.16. The molecular formula is C18H14ClFO3. The molecule has 1 fully saturated rings. The Kier molecular flexibility index (Phi) is 4.74. The van der Waals surface area contributed by atoms with Crippen LogP contribution in [-0.4, -0.2) is 18.7 Å². The smallest absolute Gasteiger partial charge is 0.313 e. The number of rotatable bonds is 5. The Morgan fingerprint density at radius 3 is 2.48 bits per heavy atom. The Balaban J connectivity index is 1.86. The van der Waals surface area contributed by atoms with E-state index in [1.807, 2.05) is 12.1 Å². The van der Waals surface area contributed by atoms with Gasteiger partial charge in [-0.3, -0.25) is 4.79 Å². The van der Waals surface area contributed by atoms with Crippen molar-refractivity contribution in [2.75, 3.05) is 6.61 Å². The first-order chi connectivity index (χ1) is 11.1. The second-order valence-electron chi connectivity index (χ2n) is 5.20. The molecule has 0 aromatic heterocycles. The molecular weight excluding hydrogens is 319 g/mol. The molecule has 1 aliphatic rings. The number of carbonyl (C=O) groups is 1. The fourth-order valence-electron chi connectivity index (χ4n) is 2.03. The topological polar surface area (TPSA) is 38.8 Å². The highest BCUT2D eigenvalue weighted by Crippen LogP contribution is 2.23. The molecule has 23 heavy (non-hydrogen) atoms. The zero-order valence-corrected chi connectivity index (χ0v) is 12.9. The van der Waals surface area contributed by atoms with Crippen LogP contribution in [0.2, 0.25) is 5.02 Å². The van der Waals surface area contributed by atoms with Crippen LogP contribution in [0.5, 0.6) is 0 Å². The average molecular weight is 333 g/mol. The monoisotopic (exact) mass is 332 g/mol. The van der Waals surface area contributed by atoms with E-state index in [9.17, 15) is 9.18 Å². The molecule has 0 amide bonds.